The van der Waals surface area contributed by atoms with Crippen molar-refractivity contribution >= 4 is 19.5 Å². The van der Waals surface area contributed by atoms with Crippen LogP contribution in [0.3, 0.4) is 0 Å². The SMILES string of the molecule is CCCCCCCCCCCCCC(=O)OCC(COP(=O)([O-])CCC[N+](C)(C)C)OC(=O)CCCCCCCCCCCCC. The quantitative estimate of drug-likeness (QED) is 0.0290. The van der Waals surface area contributed by atoms with Crippen LogP contribution in [0.2, 0.25) is 0 Å². The van der Waals surface area contributed by atoms with E-state index in [1.54, 1.807) is 0 Å². The highest BCUT2D eigenvalue weighted by atomic mass is 31.2. The lowest BCUT2D eigenvalue weighted by Crippen LogP contribution is -2.36. The number of rotatable bonds is 34. The van der Waals surface area contributed by atoms with E-state index in [0.717, 1.165) is 38.5 Å². The van der Waals surface area contributed by atoms with E-state index in [1.165, 1.54) is 103 Å². The molecule has 2 unspecified atom stereocenters. The van der Waals surface area contributed by atoms with Gasteiger partial charge < -0.3 is 27.9 Å². The lowest BCUT2D eigenvalue weighted by Gasteiger charge is -2.28. The number of carbonyl (C=O) groups excluding carboxylic acids is 2. The molecule has 0 aromatic heterocycles. The predicted octanol–water partition coefficient (Wildman–Crippen LogP) is 9.51. The third-order valence-electron chi connectivity index (χ3n) is 8.42. The van der Waals surface area contributed by atoms with Gasteiger partial charge in [-0.1, -0.05) is 142 Å². The maximum atomic E-state index is 12.6. The summed E-state index contributed by atoms with van der Waals surface area (Å²) in [4.78, 5) is 37.5. The number of unbranched alkanes of at least 4 members (excludes halogenated alkanes) is 20. The molecule has 46 heavy (non-hydrogen) atoms. The summed E-state index contributed by atoms with van der Waals surface area (Å²) in [6.45, 7) is 4.64. The molecule has 274 valence electrons. The zero-order valence-corrected chi connectivity index (χ0v) is 31.7. The molecule has 8 nitrogen and oxygen atoms in total. The van der Waals surface area contributed by atoms with Crippen molar-refractivity contribution < 1.29 is 37.5 Å². The maximum Gasteiger partial charge on any atom is 0.306 e. The number of ether oxygens (including phenoxy) is 2. The molecular formula is C37H74NO7P. The Kier molecular flexibility index (Phi) is 29.5. The summed E-state index contributed by atoms with van der Waals surface area (Å²) in [5.41, 5.74) is 0. The van der Waals surface area contributed by atoms with E-state index in [0.29, 0.717) is 23.9 Å². The Balaban J connectivity index is 4.44. The Morgan fingerprint density at radius 2 is 0.978 bits per heavy atom. The molecule has 0 heterocycles. The molecule has 0 rings (SSSR count). The average Bonchev–Trinajstić information content (AvgIpc) is 2.99. The lowest BCUT2D eigenvalue weighted by molar-refractivity contribution is -0.870. The van der Waals surface area contributed by atoms with Crippen molar-refractivity contribution in [3.63, 3.8) is 0 Å². The minimum absolute atomic E-state index is 0.0828. The van der Waals surface area contributed by atoms with Gasteiger partial charge in [-0.25, -0.2) is 0 Å². The van der Waals surface area contributed by atoms with Crippen LogP contribution in [0.5, 0.6) is 0 Å². The zero-order valence-electron chi connectivity index (χ0n) is 30.8. The Morgan fingerprint density at radius 1 is 0.587 bits per heavy atom. The van der Waals surface area contributed by atoms with Gasteiger partial charge in [0, 0.05) is 25.4 Å². The van der Waals surface area contributed by atoms with E-state index in [1.807, 2.05) is 21.1 Å². The molecule has 2 atom stereocenters. The Hall–Kier alpha value is -0.950. The topological polar surface area (TPSA) is 102 Å². The summed E-state index contributed by atoms with van der Waals surface area (Å²) in [5, 5.41) is 0. The van der Waals surface area contributed by atoms with Crippen molar-refractivity contribution in [3.8, 4) is 0 Å². The first-order valence-corrected chi connectivity index (χ1v) is 20.8. The first-order valence-electron chi connectivity index (χ1n) is 19.1. The summed E-state index contributed by atoms with van der Waals surface area (Å²) in [6.07, 6.45) is 26.3. The van der Waals surface area contributed by atoms with Crippen LogP contribution >= 0.6 is 7.60 Å². The van der Waals surface area contributed by atoms with Crippen LogP contribution in [-0.4, -0.2) is 69.6 Å². The van der Waals surface area contributed by atoms with Gasteiger partial charge >= 0.3 is 11.9 Å². The lowest BCUT2D eigenvalue weighted by atomic mass is 10.1. The monoisotopic (exact) mass is 676 g/mol. The Bertz CT molecular complexity index is 771. The molecule has 0 aliphatic rings. The summed E-state index contributed by atoms with van der Waals surface area (Å²) in [5.74, 6) is -0.757. The molecule has 0 fully saturated rings. The van der Waals surface area contributed by atoms with Gasteiger partial charge in [0.1, 0.15) is 14.2 Å². The fourth-order valence-electron chi connectivity index (χ4n) is 5.49. The van der Waals surface area contributed by atoms with Crippen LogP contribution in [0.1, 0.15) is 174 Å². The second kappa shape index (κ2) is 30.1. The van der Waals surface area contributed by atoms with Crippen molar-refractivity contribution in [3.05, 3.63) is 0 Å². The summed E-state index contributed by atoms with van der Waals surface area (Å²) >= 11 is 0. The van der Waals surface area contributed by atoms with Crippen LogP contribution in [0.4, 0.5) is 0 Å². The molecule has 0 saturated heterocycles. The molecule has 0 saturated carbocycles. The maximum absolute atomic E-state index is 12.6. The average molecular weight is 676 g/mol. The van der Waals surface area contributed by atoms with E-state index in [2.05, 4.69) is 13.8 Å². The van der Waals surface area contributed by atoms with Crippen LogP contribution in [0.15, 0.2) is 0 Å². The summed E-state index contributed by atoms with van der Waals surface area (Å²) < 4.78 is 29.4. The largest absolute Gasteiger partial charge is 0.778 e. The van der Waals surface area contributed by atoms with E-state index in [4.69, 9.17) is 14.0 Å². The molecule has 0 aromatic rings. The van der Waals surface area contributed by atoms with E-state index >= 15 is 0 Å². The molecule has 0 N–H and O–H groups in total. The van der Waals surface area contributed by atoms with Crippen molar-refractivity contribution in [2.45, 2.75) is 180 Å². The first-order chi connectivity index (χ1) is 22.0. The smallest absolute Gasteiger partial charge is 0.306 e. The first kappa shape index (κ1) is 45.0. The minimum atomic E-state index is -4.10. The van der Waals surface area contributed by atoms with E-state index in [-0.39, 0.29) is 31.8 Å². The third kappa shape index (κ3) is 33.0. The molecule has 0 aliphatic carbocycles. The van der Waals surface area contributed by atoms with Gasteiger partial charge in [0.15, 0.2) is 6.10 Å². The molecule has 0 bridgehead atoms. The number of esters is 2. The number of hydrogen-bond acceptors (Lipinski definition) is 7. The van der Waals surface area contributed by atoms with E-state index < -0.39 is 19.7 Å². The third-order valence-corrected chi connectivity index (χ3v) is 9.82. The van der Waals surface area contributed by atoms with Crippen molar-refractivity contribution in [2.24, 2.45) is 0 Å². The fraction of sp³-hybridized carbons (Fsp3) is 0.946. The molecule has 0 aliphatic heterocycles. The number of nitrogens with zero attached hydrogens (tertiary/aromatic N) is 1. The standard InChI is InChI=1S/C37H74NO7P/c1-6-8-10-12-14-16-18-20-22-24-26-29-36(39)43-33-35(34-44-46(41,42)32-28-31-38(3,4)5)45-37(40)30-27-25-23-21-19-17-15-13-11-9-7-2/h35H,6-34H2,1-5H3. The summed E-state index contributed by atoms with van der Waals surface area (Å²) in [6, 6.07) is 0. The van der Waals surface area contributed by atoms with Crippen molar-refractivity contribution in [1.29, 1.82) is 0 Å². The van der Waals surface area contributed by atoms with Crippen LogP contribution in [0, 0.1) is 0 Å². The molecule has 0 radical (unpaired) electrons. The molecule has 0 spiro atoms. The molecular weight excluding hydrogens is 601 g/mol. The van der Waals surface area contributed by atoms with Gasteiger partial charge in [-0.15, -0.1) is 0 Å². The van der Waals surface area contributed by atoms with Gasteiger partial charge in [0.2, 0.25) is 0 Å². The van der Waals surface area contributed by atoms with Gasteiger partial charge in [-0.3, -0.25) is 9.59 Å². The molecule has 9 heteroatoms. The van der Waals surface area contributed by atoms with Crippen molar-refractivity contribution in [2.75, 3.05) is 47.1 Å². The normalized spacial score (nSPS) is 13.8. The predicted molar refractivity (Wildman–Crippen MR) is 189 cm³/mol. The zero-order chi connectivity index (χ0) is 34.4. The second-order valence-corrected chi connectivity index (χ2v) is 16.3. The van der Waals surface area contributed by atoms with Gasteiger partial charge in [-0.2, -0.15) is 0 Å². The van der Waals surface area contributed by atoms with E-state index in [9.17, 15) is 19.0 Å². The highest BCUT2D eigenvalue weighted by Crippen LogP contribution is 2.38. The highest BCUT2D eigenvalue weighted by molar-refractivity contribution is 7.51. The summed E-state index contributed by atoms with van der Waals surface area (Å²) in [7, 11) is 1.92. The number of carbonyl (C=O) groups is 2. The van der Waals surface area contributed by atoms with Gasteiger partial charge in [0.05, 0.1) is 34.3 Å². The minimum Gasteiger partial charge on any atom is -0.778 e. The number of quaternary nitrogens is 1. The Morgan fingerprint density at radius 3 is 1.39 bits per heavy atom. The van der Waals surface area contributed by atoms with Gasteiger partial charge in [0.25, 0.3) is 0 Å². The molecule has 0 aromatic carbocycles. The molecule has 0 amide bonds. The van der Waals surface area contributed by atoms with Gasteiger partial charge in [-0.05, 0) is 12.8 Å². The number of hydrogen-bond donors (Lipinski definition) is 0. The second-order valence-electron chi connectivity index (χ2n) is 14.4. The van der Waals surface area contributed by atoms with Crippen LogP contribution < -0.4 is 4.89 Å². The highest BCUT2D eigenvalue weighted by Gasteiger charge is 2.21. The van der Waals surface area contributed by atoms with Crippen LogP contribution in [0.25, 0.3) is 0 Å². The van der Waals surface area contributed by atoms with Crippen LogP contribution in [-0.2, 0) is 28.2 Å². The fourth-order valence-corrected chi connectivity index (χ4v) is 6.54. The Labute approximate surface area is 284 Å². The van der Waals surface area contributed by atoms with Crippen molar-refractivity contribution in [1.82, 2.24) is 0 Å².